The second kappa shape index (κ2) is 8.19. The number of rotatable bonds is 8. The van der Waals surface area contributed by atoms with E-state index in [1.165, 1.54) is 6.92 Å². The maximum absolute atomic E-state index is 11.6. The van der Waals surface area contributed by atoms with Crippen molar-refractivity contribution < 1.29 is 14.7 Å². The maximum Gasteiger partial charge on any atom is 0.325 e. The zero-order valence-corrected chi connectivity index (χ0v) is 12.0. The Hall–Kier alpha value is -2.04. The van der Waals surface area contributed by atoms with Gasteiger partial charge in [-0.1, -0.05) is 18.2 Å². The lowest BCUT2D eigenvalue weighted by molar-refractivity contribution is -0.141. The number of hydrogen-bond donors (Lipinski definition) is 2. The summed E-state index contributed by atoms with van der Waals surface area (Å²) in [5.41, 5.74) is 1.13. The van der Waals surface area contributed by atoms with Gasteiger partial charge in [0, 0.05) is 25.2 Å². The highest BCUT2D eigenvalue weighted by Crippen LogP contribution is 2.13. The summed E-state index contributed by atoms with van der Waals surface area (Å²) in [4.78, 5) is 24.4. The molecule has 0 heterocycles. The van der Waals surface area contributed by atoms with E-state index in [1.807, 2.05) is 30.3 Å². The lowest BCUT2D eigenvalue weighted by Crippen LogP contribution is -2.38. The largest absolute Gasteiger partial charge is 0.480 e. The number of hydrogen-bond acceptors (Lipinski definition) is 3. The van der Waals surface area contributed by atoms with Crippen molar-refractivity contribution in [3.63, 3.8) is 0 Å². The lowest BCUT2D eigenvalue weighted by atomic mass is 10.2. The lowest BCUT2D eigenvalue weighted by Gasteiger charge is -2.23. The molecule has 1 aromatic carbocycles. The molecule has 0 radical (unpaired) electrons. The average molecular weight is 278 g/mol. The van der Waals surface area contributed by atoms with Crippen LogP contribution in [-0.2, 0) is 9.59 Å². The molecule has 5 heteroatoms. The van der Waals surface area contributed by atoms with Crippen LogP contribution in [0.25, 0.3) is 0 Å². The molecule has 20 heavy (non-hydrogen) atoms. The molecule has 5 nitrogen and oxygen atoms in total. The quantitative estimate of drug-likeness (QED) is 0.762. The first-order chi connectivity index (χ1) is 9.54. The van der Waals surface area contributed by atoms with E-state index in [2.05, 4.69) is 17.1 Å². The van der Waals surface area contributed by atoms with Crippen molar-refractivity contribution in [2.75, 3.05) is 18.0 Å². The van der Waals surface area contributed by atoms with Crippen LogP contribution in [0.2, 0.25) is 0 Å². The molecule has 0 saturated carbocycles. The molecule has 0 aromatic heterocycles. The third kappa shape index (κ3) is 5.30. The van der Waals surface area contributed by atoms with E-state index in [4.69, 9.17) is 5.11 Å². The average Bonchev–Trinajstić information content (AvgIpc) is 2.44. The van der Waals surface area contributed by atoms with E-state index in [-0.39, 0.29) is 5.91 Å². The summed E-state index contributed by atoms with van der Waals surface area (Å²) >= 11 is 0. The first-order valence-electron chi connectivity index (χ1n) is 6.86. The molecule has 1 unspecified atom stereocenters. The monoisotopic (exact) mass is 278 g/mol. The zero-order chi connectivity index (χ0) is 15.0. The molecule has 1 amide bonds. The topological polar surface area (TPSA) is 69.6 Å². The van der Waals surface area contributed by atoms with Gasteiger partial charge in [0.1, 0.15) is 6.04 Å². The number of anilines is 1. The Morgan fingerprint density at radius 2 is 1.95 bits per heavy atom. The summed E-state index contributed by atoms with van der Waals surface area (Å²) in [6.07, 6.45) is 1.03. The van der Waals surface area contributed by atoms with Crippen LogP contribution in [0.3, 0.4) is 0 Å². The number of carboxylic acid groups (broad SMARTS) is 1. The zero-order valence-electron chi connectivity index (χ0n) is 12.0. The van der Waals surface area contributed by atoms with Gasteiger partial charge in [-0.05, 0) is 32.4 Å². The van der Waals surface area contributed by atoms with Gasteiger partial charge in [0.2, 0.25) is 5.91 Å². The number of carbonyl (C=O) groups excluding carboxylic acids is 1. The second-order valence-corrected chi connectivity index (χ2v) is 4.65. The SMILES string of the molecule is CCN(CCCC(=O)NC(C)C(=O)O)c1ccccc1. The van der Waals surface area contributed by atoms with Crippen molar-refractivity contribution in [3.05, 3.63) is 30.3 Å². The fraction of sp³-hybridized carbons (Fsp3) is 0.467. The number of benzene rings is 1. The highest BCUT2D eigenvalue weighted by Gasteiger charge is 2.13. The fourth-order valence-electron chi connectivity index (χ4n) is 1.91. The van der Waals surface area contributed by atoms with Crippen molar-refractivity contribution in [3.8, 4) is 0 Å². The van der Waals surface area contributed by atoms with Crippen LogP contribution in [0.15, 0.2) is 30.3 Å². The van der Waals surface area contributed by atoms with E-state index in [0.717, 1.165) is 18.8 Å². The Kier molecular flexibility index (Phi) is 6.56. The molecule has 0 spiro atoms. The highest BCUT2D eigenvalue weighted by molar-refractivity contribution is 5.83. The van der Waals surface area contributed by atoms with Crippen LogP contribution in [0, 0.1) is 0 Å². The summed E-state index contributed by atoms with van der Waals surface area (Å²) in [7, 11) is 0. The minimum atomic E-state index is -1.02. The Bertz CT molecular complexity index is 434. The number of carbonyl (C=O) groups is 2. The van der Waals surface area contributed by atoms with Crippen LogP contribution in [0.1, 0.15) is 26.7 Å². The van der Waals surface area contributed by atoms with Gasteiger partial charge in [0.05, 0.1) is 0 Å². The summed E-state index contributed by atoms with van der Waals surface area (Å²) in [5.74, 6) is -1.23. The van der Waals surface area contributed by atoms with Gasteiger partial charge in [-0.25, -0.2) is 0 Å². The van der Waals surface area contributed by atoms with Crippen molar-refractivity contribution in [2.45, 2.75) is 32.7 Å². The van der Waals surface area contributed by atoms with Crippen LogP contribution in [0.4, 0.5) is 5.69 Å². The van der Waals surface area contributed by atoms with Crippen LogP contribution >= 0.6 is 0 Å². The molecule has 0 aliphatic heterocycles. The fourth-order valence-corrected chi connectivity index (χ4v) is 1.91. The molecular formula is C15H22N2O3. The molecule has 1 rings (SSSR count). The van der Waals surface area contributed by atoms with Gasteiger partial charge in [-0.2, -0.15) is 0 Å². The molecule has 1 atom stereocenters. The first kappa shape index (κ1) is 16.0. The molecule has 2 N–H and O–H groups in total. The first-order valence-corrected chi connectivity index (χ1v) is 6.86. The number of nitrogens with zero attached hydrogens (tertiary/aromatic N) is 1. The number of nitrogens with one attached hydrogen (secondary N) is 1. The van der Waals surface area contributed by atoms with E-state index in [0.29, 0.717) is 12.8 Å². The van der Waals surface area contributed by atoms with Gasteiger partial charge < -0.3 is 15.3 Å². The standard InChI is InChI=1S/C15H22N2O3/c1-3-17(13-8-5-4-6-9-13)11-7-10-14(18)16-12(2)15(19)20/h4-6,8-9,12H,3,7,10-11H2,1-2H3,(H,16,18)(H,19,20). The van der Waals surface area contributed by atoms with Crippen LogP contribution in [-0.4, -0.2) is 36.1 Å². The number of para-hydroxylation sites is 1. The Morgan fingerprint density at radius 1 is 1.30 bits per heavy atom. The molecule has 0 saturated heterocycles. The smallest absolute Gasteiger partial charge is 0.325 e. The molecule has 110 valence electrons. The summed E-state index contributed by atoms with van der Waals surface area (Å²) < 4.78 is 0. The number of carboxylic acids is 1. The van der Waals surface area contributed by atoms with Crippen molar-refractivity contribution in [1.29, 1.82) is 0 Å². The van der Waals surface area contributed by atoms with Gasteiger partial charge in [-0.3, -0.25) is 9.59 Å². The molecular weight excluding hydrogens is 256 g/mol. The van der Waals surface area contributed by atoms with Crippen LogP contribution < -0.4 is 10.2 Å². The predicted molar refractivity (Wildman–Crippen MR) is 78.8 cm³/mol. The van der Waals surface area contributed by atoms with Crippen molar-refractivity contribution in [1.82, 2.24) is 5.32 Å². The number of amides is 1. The third-order valence-corrected chi connectivity index (χ3v) is 3.08. The molecule has 1 aromatic rings. The maximum atomic E-state index is 11.6. The van der Waals surface area contributed by atoms with Crippen LogP contribution in [0.5, 0.6) is 0 Å². The normalized spacial score (nSPS) is 11.7. The van der Waals surface area contributed by atoms with E-state index < -0.39 is 12.0 Å². The second-order valence-electron chi connectivity index (χ2n) is 4.65. The summed E-state index contributed by atoms with van der Waals surface area (Å²) in [5, 5.41) is 11.2. The Labute approximate surface area is 119 Å². The summed E-state index contributed by atoms with van der Waals surface area (Å²) in [6, 6.07) is 9.18. The highest BCUT2D eigenvalue weighted by atomic mass is 16.4. The Morgan fingerprint density at radius 3 is 2.50 bits per heavy atom. The third-order valence-electron chi connectivity index (χ3n) is 3.08. The molecule has 0 bridgehead atoms. The number of aliphatic carboxylic acids is 1. The van der Waals surface area contributed by atoms with Crippen molar-refractivity contribution >= 4 is 17.6 Å². The van der Waals surface area contributed by atoms with Gasteiger partial charge >= 0.3 is 5.97 Å². The molecule has 0 aliphatic rings. The predicted octanol–water partition coefficient (Wildman–Crippen LogP) is 1.88. The van der Waals surface area contributed by atoms with E-state index in [1.54, 1.807) is 0 Å². The summed E-state index contributed by atoms with van der Waals surface area (Å²) in [6.45, 7) is 5.18. The minimum absolute atomic E-state index is 0.219. The van der Waals surface area contributed by atoms with E-state index in [9.17, 15) is 9.59 Å². The van der Waals surface area contributed by atoms with Crippen molar-refractivity contribution in [2.24, 2.45) is 0 Å². The molecule has 0 fully saturated rings. The van der Waals surface area contributed by atoms with Gasteiger partial charge in [0.25, 0.3) is 0 Å². The van der Waals surface area contributed by atoms with E-state index >= 15 is 0 Å². The van der Waals surface area contributed by atoms with Gasteiger partial charge in [-0.15, -0.1) is 0 Å². The molecule has 0 aliphatic carbocycles. The minimum Gasteiger partial charge on any atom is -0.480 e. The van der Waals surface area contributed by atoms with Gasteiger partial charge in [0.15, 0.2) is 0 Å². The Balaban J connectivity index is 2.35.